The SMILES string of the molecule is CCOC1=CC(c2ccc(NC(=O)Nc3ccc(OC4(CO)CC4)c(C(F)(F)F)c3)c(F)c2)=CCC1=O. The molecule has 2 aromatic rings. The molecule has 2 amide bonds. The van der Waals surface area contributed by atoms with Gasteiger partial charge in [-0.2, -0.15) is 13.2 Å². The molecule has 11 heteroatoms. The number of aliphatic hydroxyl groups is 1. The highest BCUT2D eigenvalue weighted by Crippen LogP contribution is 2.45. The van der Waals surface area contributed by atoms with Crippen LogP contribution in [0.3, 0.4) is 0 Å². The number of amides is 2. The lowest BCUT2D eigenvalue weighted by molar-refractivity contribution is -0.139. The Morgan fingerprint density at radius 2 is 1.89 bits per heavy atom. The number of halogens is 4. The Bertz CT molecular complexity index is 1280. The summed E-state index contributed by atoms with van der Waals surface area (Å²) >= 11 is 0. The summed E-state index contributed by atoms with van der Waals surface area (Å²) in [5.74, 6) is -1.24. The fraction of sp³-hybridized carbons (Fsp3) is 0.308. The average Bonchev–Trinajstić information content (AvgIpc) is 3.62. The molecular weight excluding hydrogens is 496 g/mol. The van der Waals surface area contributed by atoms with Gasteiger partial charge in [0.05, 0.1) is 24.5 Å². The van der Waals surface area contributed by atoms with E-state index >= 15 is 0 Å². The molecule has 1 fully saturated rings. The van der Waals surface area contributed by atoms with Crippen LogP contribution in [0, 0.1) is 5.82 Å². The maximum absolute atomic E-state index is 14.7. The minimum absolute atomic E-state index is 0.107. The van der Waals surface area contributed by atoms with Crippen LogP contribution < -0.4 is 15.4 Å². The minimum atomic E-state index is -4.77. The summed E-state index contributed by atoms with van der Waals surface area (Å²) in [6, 6.07) is 6.04. The lowest BCUT2D eigenvalue weighted by Crippen LogP contribution is -2.25. The number of aliphatic hydroxyl groups excluding tert-OH is 1. The summed E-state index contributed by atoms with van der Waals surface area (Å²) in [5.41, 5.74) is -1.48. The van der Waals surface area contributed by atoms with Gasteiger partial charge in [0, 0.05) is 12.1 Å². The highest BCUT2D eigenvalue weighted by atomic mass is 19.4. The van der Waals surface area contributed by atoms with Crippen molar-refractivity contribution >= 4 is 28.8 Å². The van der Waals surface area contributed by atoms with Crippen molar-refractivity contribution in [2.45, 2.75) is 38.0 Å². The third-order valence-corrected chi connectivity index (χ3v) is 5.88. The van der Waals surface area contributed by atoms with Crippen LogP contribution in [0.1, 0.15) is 37.3 Å². The Morgan fingerprint density at radius 3 is 2.51 bits per heavy atom. The first-order valence-corrected chi connectivity index (χ1v) is 11.5. The van der Waals surface area contributed by atoms with Crippen molar-refractivity contribution in [3.63, 3.8) is 0 Å². The van der Waals surface area contributed by atoms with Gasteiger partial charge in [-0.3, -0.25) is 4.79 Å². The smallest absolute Gasteiger partial charge is 0.420 e. The molecule has 7 nitrogen and oxygen atoms in total. The maximum atomic E-state index is 14.7. The van der Waals surface area contributed by atoms with E-state index in [4.69, 9.17) is 9.47 Å². The van der Waals surface area contributed by atoms with Gasteiger partial charge in [-0.1, -0.05) is 12.1 Å². The Labute approximate surface area is 209 Å². The molecule has 0 bridgehead atoms. The molecule has 0 radical (unpaired) electrons. The van der Waals surface area contributed by atoms with E-state index < -0.39 is 41.5 Å². The Hall–Kier alpha value is -3.86. The molecule has 4 rings (SSSR count). The number of carbonyl (C=O) groups excluding carboxylic acids is 2. The van der Waals surface area contributed by atoms with E-state index in [0.717, 1.165) is 6.07 Å². The van der Waals surface area contributed by atoms with Gasteiger partial charge in [0.1, 0.15) is 17.2 Å². The number of ether oxygens (including phenoxy) is 2. The maximum Gasteiger partial charge on any atom is 0.420 e. The first-order valence-electron chi connectivity index (χ1n) is 11.5. The second-order valence-corrected chi connectivity index (χ2v) is 8.65. The molecule has 0 aromatic heterocycles. The number of urea groups is 1. The molecule has 0 spiro atoms. The van der Waals surface area contributed by atoms with E-state index in [1.54, 1.807) is 13.0 Å². The number of carbonyl (C=O) groups is 2. The van der Waals surface area contributed by atoms with Gasteiger partial charge in [0.25, 0.3) is 0 Å². The lowest BCUT2D eigenvalue weighted by Gasteiger charge is -2.20. The number of nitrogens with one attached hydrogen (secondary N) is 2. The Morgan fingerprint density at radius 1 is 1.14 bits per heavy atom. The first kappa shape index (κ1) is 26.2. The van der Waals surface area contributed by atoms with E-state index in [1.165, 1.54) is 30.3 Å². The van der Waals surface area contributed by atoms with Crippen LogP contribution in [0.2, 0.25) is 0 Å². The van der Waals surface area contributed by atoms with Crippen LogP contribution in [-0.2, 0) is 15.7 Å². The van der Waals surface area contributed by atoms with E-state index in [0.29, 0.717) is 36.7 Å². The second-order valence-electron chi connectivity index (χ2n) is 8.65. The zero-order chi connectivity index (χ0) is 26.8. The monoisotopic (exact) mass is 520 g/mol. The van der Waals surface area contributed by atoms with E-state index in [2.05, 4.69) is 10.6 Å². The fourth-order valence-electron chi connectivity index (χ4n) is 3.73. The van der Waals surface area contributed by atoms with Crippen LogP contribution in [-0.4, -0.2) is 35.7 Å². The number of Topliss-reactive ketones (excluding diaryl/α,β-unsaturated/α-hetero) is 1. The quantitative estimate of drug-likeness (QED) is 0.390. The molecule has 37 heavy (non-hydrogen) atoms. The highest BCUT2D eigenvalue weighted by Gasteiger charge is 2.47. The summed E-state index contributed by atoms with van der Waals surface area (Å²) in [6.45, 7) is 1.64. The zero-order valence-electron chi connectivity index (χ0n) is 19.7. The van der Waals surface area contributed by atoms with Crippen molar-refractivity contribution in [3.05, 3.63) is 71.3 Å². The Balaban J connectivity index is 1.46. The number of allylic oxidation sites excluding steroid dienone is 4. The molecule has 0 atom stereocenters. The summed E-state index contributed by atoms with van der Waals surface area (Å²) in [6.07, 6.45) is -0.639. The van der Waals surface area contributed by atoms with Crippen molar-refractivity contribution in [1.29, 1.82) is 0 Å². The number of alkyl halides is 3. The molecular formula is C26H24F4N2O5. The van der Waals surface area contributed by atoms with Crippen molar-refractivity contribution in [1.82, 2.24) is 0 Å². The van der Waals surface area contributed by atoms with Gasteiger partial charge in [0.2, 0.25) is 5.78 Å². The molecule has 196 valence electrons. The molecule has 0 aliphatic heterocycles. The minimum Gasteiger partial charge on any atom is -0.490 e. The second kappa shape index (κ2) is 10.3. The number of rotatable bonds is 8. The third-order valence-electron chi connectivity index (χ3n) is 5.88. The van der Waals surface area contributed by atoms with E-state index in [9.17, 15) is 32.3 Å². The average molecular weight is 520 g/mol. The predicted molar refractivity (Wildman–Crippen MR) is 127 cm³/mol. The van der Waals surface area contributed by atoms with Crippen LogP contribution in [0.15, 0.2) is 54.3 Å². The molecule has 0 unspecified atom stereocenters. The largest absolute Gasteiger partial charge is 0.490 e. The summed E-state index contributed by atoms with van der Waals surface area (Å²) in [4.78, 5) is 24.3. The normalized spacial score (nSPS) is 16.4. The molecule has 2 aliphatic rings. The molecule has 0 heterocycles. The number of hydrogen-bond donors (Lipinski definition) is 3. The van der Waals surface area contributed by atoms with Crippen LogP contribution in [0.5, 0.6) is 5.75 Å². The number of ketones is 1. The predicted octanol–water partition coefficient (Wildman–Crippen LogP) is 5.67. The van der Waals surface area contributed by atoms with Gasteiger partial charge < -0.3 is 25.2 Å². The fourth-order valence-corrected chi connectivity index (χ4v) is 3.73. The van der Waals surface area contributed by atoms with Crippen molar-refractivity contribution in [2.75, 3.05) is 23.8 Å². The first-order chi connectivity index (χ1) is 17.5. The molecule has 3 N–H and O–H groups in total. The van der Waals surface area contributed by atoms with Crippen molar-refractivity contribution in [2.24, 2.45) is 0 Å². The van der Waals surface area contributed by atoms with Crippen LogP contribution in [0.25, 0.3) is 5.57 Å². The summed E-state index contributed by atoms with van der Waals surface area (Å²) in [7, 11) is 0. The molecule has 1 saturated carbocycles. The van der Waals surface area contributed by atoms with Gasteiger partial charge >= 0.3 is 12.2 Å². The standard InChI is InChI=1S/C26H24F4N2O5/c1-2-36-23-12-16(4-7-21(23)34)15-3-6-20(19(27)11-15)32-24(35)31-17-5-8-22(18(13-17)26(28,29)30)37-25(14-33)9-10-25/h3-6,8,11-13,33H,2,7,9-10,14H2,1H3,(H2,31,32,35). The zero-order valence-corrected chi connectivity index (χ0v) is 19.7. The van der Waals surface area contributed by atoms with Gasteiger partial charge in [-0.05, 0) is 67.3 Å². The van der Waals surface area contributed by atoms with Gasteiger partial charge in [-0.25, -0.2) is 9.18 Å². The number of anilines is 2. The number of benzene rings is 2. The van der Waals surface area contributed by atoms with E-state index in [1.807, 2.05) is 0 Å². The Kier molecular flexibility index (Phi) is 7.26. The van der Waals surface area contributed by atoms with Gasteiger partial charge in [-0.15, -0.1) is 0 Å². The van der Waals surface area contributed by atoms with E-state index in [-0.39, 0.29) is 29.3 Å². The molecule has 2 aromatic carbocycles. The summed E-state index contributed by atoms with van der Waals surface area (Å²) in [5, 5.41) is 13.9. The molecule has 2 aliphatic carbocycles. The lowest BCUT2D eigenvalue weighted by atomic mass is 9.97. The van der Waals surface area contributed by atoms with Crippen LogP contribution in [0.4, 0.5) is 33.7 Å². The van der Waals surface area contributed by atoms with Crippen molar-refractivity contribution < 1.29 is 41.7 Å². The molecule has 0 saturated heterocycles. The number of hydrogen-bond acceptors (Lipinski definition) is 5. The highest BCUT2D eigenvalue weighted by molar-refractivity contribution is 6.02. The van der Waals surface area contributed by atoms with Gasteiger partial charge in [0.15, 0.2) is 5.76 Å². The topological polar surface area (TPSA) is 96.9 Å². The van der Waals surface area contributed by atoms with Crippen molar-refractivity contribution in [3.8, 4) is 5.75 Å². The summed E-state index contributed by atoms with van der Waals surface area (Å²) < 4.78 is 66.2. The van der Waals surface area contributed by atoms with Crippen LogP contribution >= 0.6 is 0 Å². The third kappa shape index (κ3) is 6.11.